The summed E-state index contributed by atoms with van der Waals surface area (Å²) in [6, 6.07) is 14.5. The molecule has 0 spiro atoms. The maximum absolute atomic E-state index is 11.1. The van der Waals surface area contributed by atoms with E-state index in [-0.39, 0.29) is 12.3 Å². The number of nitrogens with one attached hydrogen (secondary N) is 1. The van der Waals surface area contributed by atoms with Crippen molar-refractivity contribution in [1.82, 2.24) is 4.98 Å². The largest absolute Gasteiger partial charge is 0.489 e. The van der Waals surface area contributed by atoms with E-state index in [0.29, 0.717) is 6.61 Å². The number of aromatic nitrogens is 1. The zero-order valence-electron chi connectivity index (χ0n) is 14.6. The number of rotatable bonds is 6. The van der Waals surface area contributed by atoms with Gasteiger partial charge in [-0.15, -0.1) is 11.8 Å². The maximum atomic E-state index is 11.1. The van der Waals surface area contributed by atoms with Crippen LogP contribution in [0, 0.1) is 0 Å². The molecule has 1 aromatic heterocycles. The summed E-state index contributed by atoms with van der Waals surface area (Å²) in [5.41, 5.74) is 4.54. The van der Waals surface area contributed by atoms with Crippen LogP contribution >= 0.6 is 11.8 Å². The van der Waals surface area contributed by atoms with Crippen LogP contribution in [0.3, 0.4) is 0 Å². The number of thioether (sulfide) groups is 1. The molecule has 1 atom stereocenters. The number of hydrogen-bond acceptors (Lipinski definition) is 3. The van der Waals surface area contributed by atoms with E-state index in [4.69, 9.17) is 9.84 Å². The van der Waals surface area contributed by atoms with E-state index in [9.17, 15) is 4.79 Å². The summed E-state index contributed by atoms with van der Waals surface area (Å²) in [4.78, 5) is 15.7. The Balaban J connectivity index is 1.53. The van der Waals surface area contributed by atoms with E-state index in [2.05, 4.69) is 41.6 Å². The average molecular weight is 367 g/mol. The van der Waals surface area contributed by atoms with Gasteiger partial charge in [0.05, 0.1) is 6.42 Å². The highest BCUT2D eigenvalue weighted by molar-refractivity contribution is 7.98. The lowest BCUT2D eigenvalue weighted by Gasteiger charge is -2.07. The van der Waals surface area contributed by atoms with Gasteiger partial charge in [0, 0.05) is 27.4 Å². The molecule has 0 bridgehead atoms. The van der Waals surface area contributed by atoms with Gasteiger partial charge in [-0.05, 0) is 60.6 Å². The minimum absolute atomic E-state index is 0.0919. The number of benzene rings is 2. The fourth-order valence-corrected chi connectivity index (χ4v) is 4.13. The topological polar surface area (TPSA) is 62.3 Å². The highest BCUT2D eigenvalue weighted by Gasteiger charge is 2.28. The molecule has 0 saturated heterocycles. The Hall–Kier alpha value is -2.40. The second kappa shape index (κ2) is 7.08. The molecule has 0 aliphatic heterocycles. The summed E-state index contributed by atoms with van der Waals surface area (Å²) in [5, 5.41) is 10.3. The smallest absolute Gasteiger partial charge is 0.304 e. The van der Waals surface area contributed by atoms with Crippen molar-refractivity contribution in [3.05, 3.63) is 59.3 Å². The van der Waals surface area contributed by atoms with Crippen LogP contribution in [0.2, 0.25) is 0 Å². The number of fused-ring (bicyclic) bond motifs is 3. The van der Waals surface area contributed by atoms with Crippen molar-refractivity contribution in [1.29, 1.82) is 0 Å². The van der Waals surface area contributed by atoms with Gasteiger partial charge in [-0.25, -0.2) is 0 Å². The van der Waals surface area contributed by atoms with Crippen LogP contribution < -0.4 is 4.74 Å². The quantitative estimate of drug-likeness (QED) is 0.604. The number of hydrogen-bond donors (Lipinski definition) is 2. The molecule has 1 unspecified atom stereocenters. The minimum Gasteiger partial charge on any atom is -0.489 e. The highest BCUT2D eigenvalue weighted by Crippen LogP contribution is 2.40. The zero-order chi connectivity index (χ0) is 18.1. The molecule has 134 valence electrons. The van der Waals surface area contributed by atoms with Gasteiger partial charge in [-0.1, -0.05) is 12.1 Å². The van der Waals surface area contributed by atoms with Gasteiger partial charge in [0.25, 0.3) is 0 Å². The van der Waals surface area contributed by atoms with E-state index in [1.165, 1.54) is 10.5 Å². The zero-order valence-corrected chi connectivity index (χ0v) is 15.4. The third kappa shape index (κ3) is 3.31. The lowest BCUT2D eigenvalue weighted by atomic mass is 10.0. The van der Waals surface area contributed by atoms with E-state index >= 15 is 0 Å². The molecule has 1 heterocycles. The van der Waals surface area contributed by atoms with Gasteiger partial charge in [0.2, 0.25) is 0 Å². The molecule has 0 saturated carbocycles. The van der Waals surface area contributed by atoms with Crippen LogP contribution in [0.4, 0.5) is 0 Å². The molecule has 4 nitrogen and oxygen atoms in total. The van der Waals surface area contributed by atoms with Gasteiger partial charge in [0.1, 0.15) is 12.4 Å². The Labute approximate surface area is 156 Å². The maximum Gasteiger partial charge on any atom is 0.304 e. The summed E-state index contributed by atoms with van der Waals surface area (Å²) >= 11 is 1.73. The van der Waals surface area contributed by atoms with E-state index in [0.717, 1.165) is 40.8 Å². The highest BCUT2D eigenvalue weighted by atomic mass is 32.2. The second-order valence-electron chi connectivity index (χ2n) is 6.69. The van der Waals surface area contributed by atoms with Gasteiger partial charge in [-0.2, -0.15) is 0 Å². The number of H-pyrrole nitrogens is 1. The molecule has 26 heavy (non-hydrogen) atoms. The summed E-state index contributed by atoms with van der Waals surface area (Å²) in [7, 11) is 0. The van der Waals surface area contributed by atoms with Crippen LogP contribution in [0.5, 0.6) is 5.75 Å². The molecule has 1 aliphatic rings. The minimum atomic E-state index is -0.738. The second-order valence-corrected chi connectivity index (χ2v) is 7.57. The van der Waals surface area contributed by atoms with Crippen LogP contribution in [-0.2, 0) is 17.8 Å². The Morgan fingerprint density at radius 2 is 2.08 bits per heavy atom. The first-order valence-electron chi connectivity index (χ1n) is 8.76. The van der Waals surface area contributed by atoms with Gasteiger partial charge in [0.15, 0.2) is 0 Å². The molecule has 5 heteroatoms. The first kappa shape index (κ1) is 17.0. The Morgan fingerprint density at radius 3 is 2.81 bits per heavy atom. The molecule has 0 amide bonds. The van der Waals surface area contributed by atoms with Crippen molar-refractivity contribution < 1.29 is 14.6 Å². The standard InChI is InChI=1S/C21H21NO3S/c1-26-16-6-2-13(3-7-16)12-25-15-5-9-19-18(11-15)17-8-4-14(10-20(23)24)21(17)22-19/h2-3,5-7,9,11,14,22H,4,8,10,12H2,1H3,(H,23,24). The summed E-state index contributed by atoms with van der Waals surface area (Å²) in [6.45, 7) is 0.536. The van der Waals surface area contributed by atoms with Crippen molar-refractivity contribution in [2.75, 3.05) is 6.26 Å². The number of carboxylic acids is 1. The molecule has 4 rings (SSSR count). The molecule has 3 aromatic rings. The van der Waals surface area contributed by atoms with Crippen LogP contribution in [0.15, 0.2) is 47.4 Å². The van der Waals surface area contributed by atoms with Gasteiger partial charge >= 0.3 is 5.97 Å². The summed E-state index contributed by atoms with van der Waals surface area (Å²) < 4.78 is 5.98. The molecule has 1 aliphatic carbocycles. The first-order valence-corrected chi connectivity index (χ1v) is 9.98. The summed E-state index contributed by atoms with van der Waals surface area (Å²) in [5.74, 6) is 0.196. The Morgan fingerprint density at radius 1 is 1.27 bits per heavy atom. The van der Waals surface area contributed by atoms with Crippen LogP contribution in [0.1, 0.15) is 35.6 Å². The third-order valence-corrected chi connectivity index (χ3v) is 5.79. The number of aliphatic carboxylic acids is 1. The lowest BCUT2D eigenvalue weighted by molar-refractivity contribution is -0.137. The van der Waals surface area contributed by atoms with Gasteiger partial charge in [-0.3, -0.25) is 4.79 Å². The normalized spacial score (nSPS) is 16.0. The molecule has 2 N–H and O–H groups in total. The molecule has 2 aromatic carbocycles. The van der Waals surface area contributed by atoms with Crippen molar-refractivity contribution in [3.8, 4) is 5.75 Å². The van der Waals surface area contributed by atoms with Gasteiger partial charge < -0.3 is 14.8 Å². The average Bonchev–Trinajstić information content (AvgIpc) is 3.20. The molecule has 0 radical (unpaired) electrons. The van der Waals surface area contributed by atoms with Crippen molar-refractivity contribution in [2.45, 2.75) is 36.7 Å². The van der Waals surface area contributed by atoms with Crippen LogP contribution in [-0.4, -0.2) is 22.3 Å². The van der Waals surface area contributed by atoms with Crippen molar-refractivity contribution in [2.24, 2.45) is 0 Å². The number of carbonyl (C=O) groups is 1. The van der Waals surface area contributed by atoms with Crippen molar-refractivity contribution in [3.63, 3.8) is 0 Å². The fourth-order valence-electron chi connectivity index (χ4n) is 3.72. The van der Waals surface area contributed by atoms with Crippen LogP contribution in [0.25, 0.3) is 10.9 Å². The predicted octanol–water partition coefficient (Wildman–Crippen LogP) is 4.97. The van der Waals surface area contributed by atoms with E-state index < -0.39 is 5.97 Å². The number of ether oxygens (including phenoxy) is 1. The fraction of sp³-hybridized carbons (Fsp3) is 0.286. The Bertz CT molecular complexity index is 946. The lowest BCUT2D eigenvalue weighted by Crippen LogP contribution is -2.03. The number of aryl methyl sites for hydroxylation is 1. The van der Waals surface area contributed by atoms with E-state index in [1.54, 1.807) is 11.8 Å². The number of aromatic amines is 1. The van der Waals surface area contributed by atoms with Crippen molar-refractivity contribution >= 4 is 28.6 Å². The molecule has 0 fully saturated rings. The SMILES string of the molecule is CSc1ccc(COc2ccc3[nH]c4c(c3c2)CCC4CC(=O)O)cc1. The number of carboxylic acid groups (broad SMARTS) is 1. The Kier molecular flexibility index (Phi) is 4.64. The predicted molar refractivity (Wildman–Crippen MR) is 104 cm³/mol. The summed E-state index contributed by atoms with van der Waals surface area (Å²) in [6.07, 6.45) is 4.08. The third-order valence-electron chi connectivity index (χ3n) is 5.05. The van der Waals surface area contributed by atoms with E-state index in [1.807, 2.05) is 12.1 Å². The molecular weight excluding hydrogens is 346 g/mol. The first-order chi connectivity index (χ1) is 12.6. The monoisotopic (exact) mass is 367 g/mol. The molecular formula is C21H21NO3S.